The second kappa shape index (κ2) is 3.14. The molecule has 0 saturated carbocycles. The Balaban J connectivity index is 2.47. The van der Waals surface area contributed by atoms with Gasteiger partial charge >= 0.3 is 0 Å². The second-order valence-corrected chi connectivity index (χ2v) is 3.55. The first kappa shape index (κ1) is 8.56. The number of aliphatic hydroxyl groups excluding tert-OH is 1. The second-order valence-electron chi connectivity index (χ2n) is 3.55. The van der Waals surface area contributed by atoms with E-state index in [0.717, 1.165) is 22.2 Å². The molecule has 3 nitrogen and oxygen atoms in total. The summed E-state index contributed by atoms with van der Waals surface area (Å²) in [5.74, 6) is 0. The molecule has 3 heteroatoms. The van der Waals surface area contributed by atoms with Crippen molar-refractivity contribution in [2.45, 2.75) is 6.42 Å². The summed E-state index contributed by atoms with van der Waals surface area (Å²) in [6.45, 7) is 0.143. The molecule has 0 aliphatic heterocycles. The van der Waals surface area contributed by atoms with Crippen molar-refractivity contribution in [1.29, 1.82) is 0 Å². The quantitative estimate of drug-likeness (QED) is 0.690. The Morgan fingerprint density at radius 2 is 2.13 bits per heavy atom. The maximum Gasteiger partial charge on any atom is 0.207 e. The monoisotopic (exact) mass is 201 g/mol. The molecule has 0 aliphatic carbocycles. The van der Waals surface area contributed by atoms with Gasteiger partial charge in [-0.25, -0.2) is 0 Å². The molecule has 0 saturated heterocycles. The Morgan fingerprint density at radius 3 is 3.00 bits per heavy atom. The Hall–Kier alpha value is -1.74. The van der Waals surface area contributed by atoms with Gasteiger partial charge in [-0.05, 0) is 6.07 Å². The third-order valence-electron chi connectivity index (χ3n) is 2.72. The Kier molecular flexibility index (Phi) is 1.79. The summed E-state index contributed by atoms with van der Waals surface area (Å²) in [5, 5.41) is 10.2. The molecule has 0 fully saturated rings. The van der Waals surface area contributed by atoms with E-state index in [4.69, 9.17) is 9.52 Å². The average molecular weight is 201 g/mol. The molecule has 15 heavy (non-hydrogen) atoms. The summed E-state index contributed by atoms with van der Waals surface area (Å²) in [7, 11) is 0. The Labute approximate surface area is 86.5 Å². The standard InChI is InChI=1S/C12H11NO2/c14-7-5-10-9-3-1-2-4-11(9)13-6-8-15-12(10)13/h1-4,6,8,14H,5,7H2. The third kappa shape index (κ3) is 1.10. The summed E-state index contributed by atoms with van der Waals surface area (Å²) in [6.07, 6.45) is 4.20. The first-order chi connectivity index (χ1) is 7.42. The summed E-state index contributed by atoms with van der Waals surface area (Å²) in [4.78, 5) is 0. The molecular weight excluding hydrogens is 190 g/mol. The van der Waals surface area contributed by atoms with Gasteiger partial charge in [-0.15, -0.1) is 0 Å². The van der Waals surface area contributed by atoms with Gasteiger partial charge < -0.3 is 9.52 Å². The van der Waals surface area contributed by atoms with Crippen molar-refractivity contribution in [3.8, 4) is 0 Å². The molecule has 0 radical (unpaired) electrons. The van der Waals surface area contributed by atoms with Crippen molar-refractivity contribution in [2.75, 3.05) is 6.61 Å². The smallest absolute Gasteiger partial charge is 0.207 e. The maximum absolute atomic E-state index is 9.04. The minimum absolute atomic E-state index is 0.143. The van der Waals surface area contributed by atoms with E-state index in [9.17, 15) is 0 Å². The summed E-state index contributed by atoms with van der Waals surface area (Å²) >= 11 is 0. The summed E-state index contributed by atoms with van der Waals surface area (Å²) < 4.78 is 7.45. The molecule has 1 aromatic carbocycles. The van der Waals surface area contributed by atoms with Crippen molar-refractivity contribution in [2.24, 2.45) is 0 Å². The van der Waals surface area contributed by atoms with Gasteiger partial charge in [0.1, 0.15) is 6.26 Å². The zero-order chi connectivity index (χ0) is 10.3. The zero-order valence-electron chi connectivity index (χ0n) is 8.18. The molecule has 0 bridgehead atoms. The van der Waals surface area contributed by atoms with Gasteiger partial charge in [-0.3, -0.25) is 4.40 Å². The molecule has 2 heterocycles. The van der Waals surface area contributed by atoms with E-state index < -0.39 is 0 Å². The van der Waals surface area contributed by atoms with Gasteiger partial charge in [-0.2, -0.15) is 0 Å². The molecular formula is C12H11NO2. The van der Waals surface area contributed by atoms with E-state index in [1.807, 2.05) is 22.7 Å². The lowest BCUT2D eigenvalue weighted by Gasteiger charge is -1.94. The van der Waals surface area contributed by atoms with E-state index in [2.05, 4.69) is 12.1 Å². The number of aromatic nitrogens is 1. The number of oxazole rings is 1. The number of hydrogen-bond acceptors (Lipinski definition) is 2. The lowest BCUT2D eigenvalue weighted by Crippen LogP contribution is -1.88. The van der Waals surface area contributed by atoms with E-state index in [1.165, 1.54) is 0 Å². The molecule has 0 atom stereocenters. The van der Waals surface area contributed by atoms with Crippen LogP contribution in [0.4, 0.5) is 0 Å². The maximum atomic E-state index is 9.04. The predicted octanol–water partition coefficient (Wildman–Crippen LogP) is 2.22. The predicted molar refractivity (Wildman–Crippen MR) is 58.0 cm³/mol. The van der Waals surface area contributed by atoms with Crippen LogP contribution in [0.25, 0.3) is 16.6 Å². The van der Waals surface area contributed by atoms with Gasteiger partial charge in [0.05, 0.1) is 5.52 Å². The summed E-state index contributed by atoms with van der Waals surface area (Å²) in [6, 6.07) is 8.12. The minimum atomic E-state index is 0.143. The van der Waals surface area contributed by atoms with Gasteiger partial charge in [0.2, 0.25) is 5.71 Å². The summed E-state index contributed by atoms with van der Waals surface area (Å²) in [5.41, 5.74) is 3.05. The molecule has 0 spiro atoms. The number of fused-ring (bicyclic) bond motifs is 3. The van der Waals surface area contributed by atoms with Crippen molar-refractivity contribution >= 4 is 16.6 Å². The van der Waals surface area contributed by atoms with Crippen LogP contribution in [0.1, 0.15) is 5.56 Å². The largest absolute Gasteiger partial charge is 0.446 e. The normalized spacial score (nSPS) is 11.5. The van der Waals surface area contributed by atoms with Crippen molar-refractivity contribution in [3.05, 3.63) is 42.3 Å². The Morgan fingerprint density at radius 1 is 1.27 bits per heavy atom. The number of nitrogens with zero attached hydrogens (tertiary/aromatic N) is 1. The zero-order valence-corrected chi connectivity index (χ0v) is 8.18. The number of para-hydroxylation sites is 1. The number of aliphatic hydroxyl groups is 1. The van der Waals surface area contributed by atoms with Gasteiger partial charge in [0.15, 0.2) is 0 Å². The fourth-order valence-corrected chi connectivity index (χ4v) is 2.09. The molecule has 3 aromatic rings. The lowest BCUT2D eigenvalue weighted by molar-refractivity contribution is 0.300. The molecule has 1 N–H and O–H groups in total. The van der Waals surface area contributed by atoms with Gasteiger partial charge in [-0.1, -0.05) is 18.2 Å². The third-order valence-corrected chi connectivity index (χ3v) is 2.72. The van der Waals surface area contributed by atoms with Crippen LogP contribution < -0.4 is 0 Å². The topological polar surface area (TPSA) is 37.8 Å². The van der Waals surface area contributed by atoms with Gasteiger partial charge in [0.25, 0.3) is 0 Å². The minimum Gasteiger partial charge on any atom is -0.446 e. The van der Waals surface area contributed by atoms with Crippen LogP contribution in [0.2, 0.25) is 0 Å². The average Bonchev–Trinajstić information content (AvgIpc) is 2.82. The highest BCUT2D eigenvalue weighted by Gasteiger charge is 2.12. The molecule has 0 unspecified atom stereocenters. The fourth-order valence-electron chi connectivity index (χ4n) is 2.09. The highest BCUT2D eigenvalue weighted by molar-refractivity contribution is 5.90. The molecule has 0 aliphatic rings. The molecule has 3 rings (SSSR count). The molecule has 2 aromatic heterocycles. The van der Waals surface area contributed by atoms with E-state index in [1.54, 1.807) is 6.26 Å². The number of benzene rings is 1. The van der Waals surface area contributed by atoms with Crippen LogP contribution in [0.15, 0.2) is 41.1 Å². The highest BCUT2D eigenvalue weighted by atomic mass is 16.3. The van der Waals surface area contributed by atoms with Crippen LogP contribution >= 0.6 is 0 Å². The van der Waals surface area contributed by atoms with E-state index >= 15 is 0 Å². The van der Waals surface area contributed by atoms with E-state index in [-0.39, 0.29) is 6.61 Å². The van der Waals surface area contributed by atoms with E-state index in [0.29, 0.717) is 6.42 Å². The van der Waals surface area contributed by atoms with Crippen molar-refractivity contribution < 1.29 is 9.52 Å². The number of rotatable bonds is 2. The van der Waals surface area contributed by atoms with Crippen LogP contribution in [-0.2, 0) is 6.42 Å². The lowest BCUT2D eigenvalue weighted by atomic mass is 10.1. The number of hydrogen-bond donors (Lipinski definition) is 1. The van der Waals surface area contributed by atoms with Crippen LogP contribution in [-0.4, -0.2) is 16.1 Å². The molecule has 0 amide bonds. The van der Waals surface area contributed by atoms with Gasteiger partial charge in [0, 0.05) is 30.2 Å². The highest BCUT2D eigenvalue weighted by Crippen LogP contribution is 2.27. The first-order valence-electron chi connectivity index (χ1n) is 4.98. The Bertz CT molecular complexity index is 606. The first-order valence-corrected chi connectivity index (χ1v) is 4.98. The fraction of sp³-hybridized carbons (Fsp3) is 0.167. The van der Waals surface area contributed by atoms with Crippen LogP contribution in [0.3, 0.4) is 0 Å². The van der Waals surface area contributed by atoms with Crippen LogP contribution in [0, 0.1) is 0 Å². The van der Waals surface area contributed by atoms with Crippen LogP contribution in [0.5, 0.6) is 0 Å². The SMILES string of the molecule is OCCc1c2ccccc2n2ccoc12. The molecule has 76 valence electrons. The van der Waals surface area contributed by atoms with Crippen molar-refractivity contribution in [3.63, 3.8) is 0 Å². The van der Waals surface area contributed by atoms with Crippen molar-refractivity contribution in [1.82, 2.24) is 4.40 Å².